The average molecular weight is 426 g/mol. The smallest absolute Gasteiger partial charge is 0.224 e. The van der Waals surface area contributed by atoms with E-state index in [0.717, 1.165) is 5.69 Å². The number of hydrogen-bond acceptors (Lipinski definition) is 7. The van der Waals surface area contributed by atoms with Gasteiger partial charge in [-0.2, -0.15) is 9.61 Å². The Morgan fingerprint density at radius 2 is 2.10 bits per heavy atom. The summed E-state index contributed by atoms with van der Waals surface area (Å²) in [4.78, 5) is 17.0. The van der Waals surface area contributed by atoms with Crippen molar-refractivity contribution >= 4 is 34.6 Å². The van der Waals surface area contributed by atoms with Crippen LogP contribution >= 0.6 is 0 Å². The molecule has 10 heteroatoms. The summed E-state index contributed by atoms with van der Waals surface area (Å²) in [5.41, 5.74) is 1.71. The van der Waals surface area contributed by atoms with Gasteiger partial charge in [-0.05, 0) is 30.9 Å². The van der Waals surface area contributed by atoms with Crippen LogP contribution in [0.25, 0.3) is 5.65 Å². The van der Waals surface area contributed by atoms with Crippen LogP contribution in [0.1, 0.15) is 19.3 Å². The van der Waals surface area contributed by atoms with Gasteiger partial charge in [0.25, 0.3) is 0 Å². The van der Waals surface area contributed by atoms with E-state index in [9.17, 15) is 9.18 Å². The first-order valence-corrected chi connectivity index (χ1v) is 10.3. The molecule has 1 amide bonds. The molecule has 3 N–H and O–H groups in total. The number of benzene rings is 1. The van der Waals surface area contributed by atoms with E-state index in [1.54, 1.807) is 17.8 Å². The summed E-state index contributed by atoms with van der Waals surface area (Å²) in [6.07, 6.45) is 1.98. The lowest BCUT2D eigenvalue weighted by Crippen LogP contribution is -2.28. The fourth-order valence-corrected chi connectivity index (χ4v) is 3.89. The van der Waals surface area contributed by atoms with Gasteiger partial charge in [-0.1, -0.05) is 6.07 Å². The predicted octanol–water partition coefficient (Wildman–Crippen LogP) is 3.36. The number of hydrogen-bond donors (Lipinski definition) is 3. The number of nitrogens with one attached hydrogen (secondary N) is 3. The number of ether oxygens (including phenoxy) is 2. The minimum absolute atomic E-state index is 0.0985. The van der Waals surface area contributed by atoms with Crippen LogP contribution in [0.4, 0.5) is 27.4 Å². The molecule has 1 aromatic carbocycles. The quantitative estimate of drug-likeness (QED) is 0.555. The maximum absolute atomic E-state index is 13.0. The van der Waals surface area contributed by atoms with Crippen LogP contribution in [0.5, 0.6) is 11.5 Å². The number of para-hydroxylation sites is 1. The number of amides is 1. The number of alkyl halides is 1. The van der Waals surface area contributed by atoms with E-state index >= 15 is 0 Å². The highest BCUT2D eigenvalue weighted by molar-refractivity contribution is 5.94. The first-order valence-electron chi connectivity index (χ1n) is 10.3. The minimum atomic E-state index is -0.777. The minimum Gasteiger partial charge on any atom is -0.486 e. The number of aromatic nitrogens is 3. The molecule has 0 atom stereocenters. The van der Waals surface area contributed by atoms with Gasteiger partial charge < -0.3 is 25.4 Å². The van der Waals surface area contributed by atoms with Crippen molar-refractivity contribution in [2.24, 2.45) is 5.92 Å². The molecule has 1 fully saturated rings. The molecule has 1 aliphatic heterocycles. The van der Waals surface area contributed by atoms with Crippen LogP contribution in [0.15, 0.2) is 30.5 Å². The zero-order valence-electron chi connectivity index (χ0n) is 17.0. The highest BCUT2D eigenvalue weighted by Gasteiger charge is 2.30. The van der Waals surface area contributed by atoms with E-state index in [2.05, 4.69) is 26.0 Å². The van der Waals surface area contributed by atoms with E-state index in [1.165, 1.54) is 0 Å². The number of rotatable bonds is 6. The summed E-state index contributed by atoms with van der Waals surface area (Å²) < 4.78 is 26.0. The molecule has 0 saturated heterocycles. The van der Waals surface area contributed by atoms with Gasteiger partial charge in [-0.3, -0.25) is 4.79 Å². The molecule has 1 aliphatic carbocycles. The molecule has 31 heavy (non-hydrogen) atoms. The number of carbonyl (C=O) groups is 1. The zero-order chi connectivity index (χ0) is 21.4. The number of fused-ring (bicyclic) bond motifs is 2. The van der Waals surface area contributed by atoms with Crippen molar-refractivity contribution in [3.05, 3.63) is 30.5 Å². The van der Waals surface area contributed by atoms with Gasteiger partial charge in [-0.25, -0.2) is 9.37 Å². The summed E-state index contributed by atoms with van der Waals surface area (Å²) in [6.45, 7) is 0.985. The Morgan fingerprint density at radius 1 is 1.26 bits per heavy atom. The molecule has 0 unspecified atom stereocenters. The Bertz CT molecular complexity index is 1130. The number of halogens is 1. The molecule has 0 radical (unpaired) electrons. The third kappa shape index (κ3) is 3.80. The molecule has 2 aliphatic rings. The fraction of sp³-hybridized carbons (Fsp3) is 0.381. The fourth-order valence-electron chi connectivity index (χ4n) is 3.89. The largest absolute Gasteiger partial charge is 0.486 e. The number of anilines is 4. The molecule has 3 heterocycles. The molecule has 9 nitrogen and oxygen atoms in total. The van der Waals surface area contributed by atoms with Crippen molar-refractivity contribution in [3.8, 4) is 11.5 Å². The van der Waals surface area contributed by atoms with Gasteiger partial charge in [0.1, 0.15) is 36.7 Å². The maximum Gasteiger partial charge on any atom is 0.224 e. The predicted molar refractivity (Wildman–Crippen MR) is 114 cm³/mol. The molecule has 0 spiro atoms. The first kappa shape index (κ1) is 19.4. The second-order valence-electron chi connectivity index (χ2n) is 7.71. The molecule has 0 bridgehead atoms. The Balaban J connectivity index is 1.42. The average Bonchev–Trinajstić information content (AvgIpc) is 3.15. The van der Waals surface area contributed by atoms with Crippen LogP contribution in [0, 0.1) is 5.92 Å². The van der Waals surface area contributed by atoms with Crippen LogP contribution < -0.4 is 25.4 Å². The van der Waals surface area contributed by atoms with Crippen LogP contribution in [0.3, 0.4) is 0 Å². The molecule has 162 valence electrons. The molecule has 3 aromatic rings. The lowest BCUT2D eigenvalue weighted by atomic mass is 9.81. The van der Waals surface area contributed by atoms with E-state index in [4.69, 9.17) is 9.47 Å². The van der Waals surface area contributed by atoms with Crippen LogP contribution in [0.2, 0.25) is 0 Å². The molecular formula is C21H23FN6O3. The second-order valence-corrected chi connectivity index (χ2v) is 7.71. The number of carbonyl (C=O) groups excluding carboxylic acids is 1. The van der Waals surface area contributed by atoms with Gasteiger partial charge in [0, 0.05) is 19.5 Å². The summed E-state index contributed by atoms with van der Waals surface area (Å²) in [6, 6.07) is 7.42. The van der Waals surface area contributed by atoms with Crippen LogP contribution in [-0.4, -0.2) is 46.9 Å². The molecule has 2 aromatic heterocycles. The Labute approximate surface area is 177 Å². The highest BCUT2D eigenvalue weighted by Crippen LogP contribution is 2.39. The van der Waals surface area contributed by atoms with E-state index in [-0.39, 0.29) is 11.8 Å². The summed E-state index contributed by atoms with van der Waals surface area (Å²) in [5.74, 6) is 2.48. The Kier molecular flexibility index (Phi) is 4.97. The highest BCUT2D eigenvalue weighted by atomic mass is 19.1. The van der Waals surface area contributed by atoms with E-state index < -0.39 is 6.17 Å². The van der Waals surface area contributed by atoms with Gasteiger partial charge >= 0.3 is 0 Å². The maximum atomic E-state index is 13.0. The van der Waals surface area contributed by atoms with Gasteiger partial charge in [-0.15, -0.1) is 0 Å². The standard InChI is InChI=1S/C21H23FN6O3/c1-23-18-10-17(25-14-3-2-4-16-20(14)31-6-5-30-16)27-21-15(11-24-28(18)21)26-19(29)9-12-7-13(22)8-12/h2-4,10-13,23H,5-9H2,1H3,(H,25,27)(H,26,29). The molecule has 5 rings (SSSR count). The monoisotopic (exact) mass is 426 g/mol. The first-order chi connectivity index (χ1) is 15.1. The lowest BCUT2D eigenvalue weighted by molar-refractivity contribution is -0.118. The van der Waals surface area contributed by atoms with Crippen molar-refractivity contribution in [2.75, 3.05) is 36.2 Å². The van der Waals surface area contributed by atoms with Crippen molar-refractivity contribution in [2.45, 2.75) is 25.4 Å². The third-order valence-electron chi connectivity index (χ3n) is 5.48. The van der Waals surface area contributed by atoms with Gasteiger partial charge in [0.15, 0.2) is 17.1 Å². The number of nitrogens with zero attached hydrogens (tertiary/aromatic N) is 3. The zero-order valence-corrected chi connectivity index (χ0v) is 17.0. The Hall–Kier alpha value is -3.56. The third-order valence-corrected chi connectivity index (χ3v) is 5.48. The van der Waals surface area contributed by atoms with E-state index in [0.29, 0.717) is 66.9 Å². The van der Waals surface area contributed by atoms with Crippen molar-refractivity contribution in [1.82, 2.24) is 14.6 Å². The van der Waals surface area contributed by atoms with Crippen LogP contribution in [-0.2, 0) is 4.79 Å². The topological polar surface area (TPSA) is 102 Å². The van der Waals surface area contributed by atoms with Gasteiger partial charge in [0.2, 0.25) is 5.91 Å². The van der Waals surface area contributed by atoms with Crippen molar-refractivity contribution in [1.29, 1.82) is 0 Å². The Morgan fingerprint density at radius 3 is 2.90 bits per heavy atom. The van der Waals surface area contributed by atoms with Crippen molar-refractivity contribution < 1.29 is 18.7 Å². The lowest BCUT2D eigenvalue weighted by Gasteiger charge is -2.28. The summed E-state index contributed by atoms with van der Waals surface area (Å²) in [5, 5.41) is 13.6. The SMILES string of the molecule is CNc1cc(Nc2cccc3c2OCCO3)nc2c(NC(=O)CC3CC(F)C3)cnn12. The summed E-state index contributed by atoms with van der Waals surface area (Å²) >= 11 is 0. The normalized spacial score (nSPS) is 19.5. The molecular weight excluding hydrogens is 403 g/mol. The molecule has 1 saturated carbocycles. The van der Waals surface area contributed by atoms with E-state index in [1.807, 2.05) is 24.3 Å². The van der Waals surface area contributed by atoms with Gasteiger partial charge in [0.05, 0.1) is 11.9 Å². The summed E-state index contributed by atoms with van der Waals surface area (Å²) in [7, 11) is 1.78. The second kappa shape index (κ2) is 7.93. The van der Waals surface area contributed by atoms with Crippen molar-refractivity contribution in [3.63, 3.8) is 0 Å².